The quantitative estimate of drug-likeness (QED) is 0.671. The first kappa shape index (κ1) is 10.5. The van der Waals surface area contributed by atoms with Crippen molar-refractivity contribution in [3.8, 4) is 0 Å². The number of carbonyl (C=O) groups excluding carboxylic acids is 1. The molecule has 1 rings (SSSR count). The molecule has 1 nitrogen and oxygen atoms in total. The van der Waals surface area contributed by atoms with Crippen molar-refractivity contribution in [2.24, 2.45) is 5.92 Å². The largest absolute Gasteiger partial charge is 0.294 e. The Morgan fingerprint density at radius 2 is 2.08 bits per heavy atom. The molecule has 0 aromatic carbocycles. The molecule has 0 saturated carbocycles. The van der Waals surface area contributed by atoms with Gasteiger partial charge in [0.25, 0.3) is 0 Å². The highest BCUT2D eigenvalue weighted by atomic mass is 32.1. The lowest BCUT2D eigenvalue weighted by Crippen LogP contribution is -2.12. The number of rotatable bonds is 4. The van der Waals surface area contributed by atoms with E-state index in [0.717, 1.165) is 23.3 Å². The molecule has 0 atom stereocenters. The van der Waals surface area contributed by atoms with Crippen LogP contribution in [0, 0.1) is 12.8 Å². The molecule has 72 valence electrons. The Hall–Kier alpha value is -0.630. The normalized spacial score (nSPS) is 10.8. The predicted octanol–water partition coefficient (Wildman–Crippen LogP) is 3.68. The van der Waals surface area contributed by atoms with Gasteiger partial charge in [-0.1, -0.05) is 13.8 Å². The summed E-state index contributed by atoms with van der Waals surface area (Å²) in [4.78, 5) is 13.0. The number of Topliss-reactive ketones (excluding diaryl/α,β-unsaturated/α-hetero) is 1. The maximum absolute atomic E-state index is 11.9. The standard InChI is InChI=1S/C11H16OS/c1-4-9(5-2)11(12)10-6-7-13-8(10)3/h6-7,9H,4-5H2,1-3H3. The number of ketones is 1. The van der Waals surface area contributed by atoms with Gasteiger partial charge in [-0.15, -0.1) is 11.3 Å². The van der Waals surface area contributed by atoms with Gasteiger partial charge in [0.1, 0.15) is 0 Å². The van der Waals surface area contributed by atoms with E-state index in [1.807, 2.05) is 18.4 Å². The molecule has 0 spiro atoms. The molecule has 0 aliphatic carbocycles. The minimum atomic E-state index is 0.216. The third-order valence-electron chi connectivity index (χ3n) is 2.48. The van der Waals surface area contributed by atoms with Gasteiger partial charge in [0.2, 0.25) is 0 Å². The molecule has 0 aliphatic rings. The van der Waals surface area contributed by atoms with Crippen LogP contribution in [0.3, 0.4) is 0 Å². The molecule has 2 heteroatoms. The van der Waals surface area contributed by atoms with Crippen molar-refractivity contribution in [1.82, 2.24) is 0 Å². The van der Waals surface area contributed by atoms with Gasteiger partial charge in [-0.2, -0.15) is 0 Å². The highest BCUT2D eigenvalue weighted by Gasteiger charge is 2.18. The topological polar surface area (TPSA) is 17.1 Å². The van der Waals surface area contributed by atoms with Gasteiger partial charge in [-0.05, 0) is 31.2 Å². The van der Waals surface area contributed by atoms with E-state index in [1.54, 1.807) is 11.3 Å². The SMILES string of the molecule is CCC(CC)C(=O)c1ccsc1C. The van der Waals surface area contributed by atoms with Crippen LogP contribution in [0.1, 0.15) is 41.9 Å². The average Bonchev–Trinajstić information content (AvgIpc) is 2.53. The van der Waals surface area contributed by atoms with Crippen molar-refractivity contribution < 1.29 is 4.79 Å². The van der Waals surface area contributed by atoms with E-state index in [1.165, 1.54) is 0 Å². The number of hydrogen-bond donors (Lipinski definition) is 0. The summed E-state index contributed by atoms with van der Waals surface area (Å²) in [5.74, 6) is 0.539. The molecule has 1 heterocycles. The maximum atomic E-state index is 11.9. The fraction of sp³-hybridized carbons (Fsp3) is 0.545. The van der Waals surface area contributed by atoms with Crippen molar-refractivity contribution in [3.05, 3.63) is 21.9 Å². The Balaban J connectivity index is 2.84. The van der Waals surface area contributed by atoms with Gasteiger partial charge in [0.15, 0.2) is 5.78 Å². The number of carbonyl (C=O) groups is 1. The molecule has 0 N–H and O–H groups in total. The molecule has 0 amide bonds. The average molecular weight is 196 g/mol. The van der Waals surface area contributed by atoms with E-state index in [-0.39, 0.29) is 5.92 Å². The lowest BCUT2D eigenvalue weighted by molar-refractivity contribution is 0.0913. The van der Waals surface area contributed by atoms with Crippen molar-refractivity contribution >= 4 is 17.1 Å². The predicted molar refractivity (Wildman–Crippen MR) is 57.5 cm³/mol. The van der Waals surface area contributed by atoms with E-state index in [9.17, 15) is 4.79 Å². The van der Waals surface area contributed by atoms with Gasteiger partial charge in [0.05, 0.1) is 0 Å². The lowest BCUT2D eigenvalue weighted by Gasteiger charge is -2.09. The van der Waals surface area contributed by atoms with Crippen molar-refractivity contribution in [2.45, 2.75) is 33.6 Å². The Morgan fingerprint density at radius 1 is 1.46 bits per heavy atom. The fourth-order valence-corrected chi connectivity index (χ4v) is 2.22. The maximum Gasteiger partial charge on any atom is 0.167 e. The monoisotopic (exact) mass is 196 g/mol. The number of hydrogen-bond acceptors (Lipinski definition) is 2. The minimum Gasteiger partial charge on any atom is -0.294 e. The molecule has 0 aliphatic heterocycles. The van der Waals surface area contributed by atoms with Crippen molar-refractivity contribution in [3.63, 3.8) is 0 Å². The van der Waals surface area contributed by atoms with Crippen LogP contribution in [-0.2, 0) is 0 Å². The van der Waals surface area contributed by atoms with Gasteiger partial charge in [-0.25, -0.2) is 0 Å². The lowest BCUT2D eigenvalue weighted by atomic mass is 9.93. The molecule has 0 radical (unpaired) electrons. The molecule has 0 unspecified atom stereocenters. The zero-order valence-electron chi connectivity index (χ0n) is 8.46. The first-order valence-corrected chi connectivity index (χ1v) is 5.66. The Labute approximate surface area is 83.8 Å². The summed E-state index contributed by atoms with van der Waals surface area (Å²) in [5.41, 5.74) is 0.929. The van der Waals surface area contributed by atoms with Crippen LogP contribution in [0.15, 0.2) is 11.4 Å². The van der Waals surface area contributed by atoms with Crippen LogP contribution in [0.2, 0.25) is 0 Å². The third kappa shape index (κ3) is 2.19. The molecule has 0 saturated heterocycles. The summed E-state index contributed by atoms with van der Waals surface area (Å²) in [6, 6.07) is 1.95. The van der Waals surface area contributed by atoms with E-state index in [2.05, 4.69) is 13.8 Å². The second-order valence-corrected chi connectivity index (χ2v) is 4.39. The summed E-state index contributed by atoms with van der Waals surface area (Å²) in [6.07, 6.45) is 1.90. The molecule has 1 aromatic rings. The van der Waals surface area contributed by atoms with Crippen LogP contribution in [0.4, 0.5) is 0 Å². The van der Waals surface area contributed by atoms with Crippen molar-refractivity contribution in [2.75, 3.05) is 0 Å². The van der Waals surface area contributed by atoms with Gasteiger partial charge < -0.3 is 0 Å². The molecule has 0 fully saturated rings. The third-order valence-corrected chi connectivity index (χ3v) is 3.33. The Morgan fingerprint density at radius 3 is 2.46 bits per heavy atom. The van der Waals surface area contributed by atoms with Crippen molar-refractivity contribution in [1.29, 1.82) is 0 Å². The summed E-state index contributed by atoms with van der Waals surface area (Å²) in [5, 5.41) is 1.99. The fourth-order valence-electron chi connectivity index (χ4n) is 1.52. The zero-order chi connectivity index (χ0) is 9.84. The summed E-state index contributed by atoms with van der Waals surface area (Å²) < 4.78 is 0. The second-order valence-electron chi connectivity index (χ2n) is 3.27. The van der Waals surface area contributed by atoms with E-state index in [0.29, 0.717) is 5.78 Å². The van der Waals surface area contributed by atoms with E-state index >= 15 is 0 Å². The van der Waals surface area contributed by atoms with Crippen LogP contribution in [0.5, 0.6) is 0 Å². The molecule has 1 aromatic heterocycles. The summed E-state index contributed by atoms with van der Waals surface area (Å²) >= 11 is 1.65. The summed E-state index contributed by atoms with van der Waals surface area (Å²) in [6.45, 7) is 6.17. The van der Waals surface area contributed by atoms with Crippen LogP contribution >= 0.6 is 11.3 Å². The molecular formula is C11H16OS. The van der Waals surface area contributed by atoms with Crippen LogP contribution in [0.25, 0.3) is 0 Å². The van der Waals surface area contributed by atoms with Gasteiger partial charge >= 0.3 is 0 Å². The number of aryl methyl sites for hydroxylation is 1. The molecule has 13 heavy (non-hydrogen) atoms. The van der Waals surface area contributed by atoms with Gasteiger partial charge in [0, 0.05) is 16.4 Å². The van der Waals surface area contributed by atoms with Crippen LogP contribution in [-0.4, -0.2) is 5.78 Å². The Bertz CT molecular complexity index is 284. The first-order chi connectivity index (χ1) is 6.20. The van der Waals surface area contributed by atoms with Crippen LogP contribution < -0.4 is 0 Å². The molecule has 0 bridgehead atoms. The highest BCUT2D eigenvalue weighted by Crippen LogP contribution is 2.21. The minimum absolute atomic E-state index is 0.216. The zero-order valence-corrected chi connectivity index (χ0v) is 9.28. The van der Waals surface area contributed by atoms with Gasteiger partial charge in [-0.3, -0.25) is 4.79 Å². The second kappa shape index (κ2) is 4.56. The smallest absolute Gasteiger partial charge is 0.167 e. The summed E-state index contributed by atoms with van der Waals surface area (Å²) in [7, 11) is 0. The first-order valence-electron chi connectivity index (χ1n) is 4.79. The highest BCUT2D eigenvalue weighted by molar-refractivity contribution is 7.10. The van der Waals surface area contributed by atoms with E-state index < -0.39 is 0 Å². The molecular weight excluding hydrogens is 180 g/mol. The number of thiophene rings is 1. The Kier molecular flexibility index (Phi) is 3.67. The van der Waals surface area contributed by atoms with E-state index in [4.69, 9.17) is 0 Å².